The minimum Gasteiger partial charge on any atom is -0.444 e. The Bertz CT molecular complexity index is 536. The van der Waals surface area contributed by atoms with E-state index in [1.54, 1.807) is 4.90 Å². The molecule has 1 amide bonds. The molecule has 0 aliphatic carbocycles. The largest absolute Gasteiger partial charge is 0.444 e. The van der Waals surface area contributed by atoms with Crippen LogP contribution in [0.25, 0.3) is 0 Å². The van der Waals surface area contributed by atoms with Crippen LogP contribution in [0.4, 0.5) is 10.5 Å². The third kappa shape index (κ3) is 6.94. The summed E-state index contributed by atoms with van der Waals surface area (Å²) in [5.74, 6) is 0. The van der Waals surface area contributed by atoms with Crippen LogP contribution in [0.2, 0.25) is 0 Å². The molecule has 0 bridgehead atoms. The van der Waals surface area contributed by atoms with Crippen molar-refractivity contribution in [3.05, 3.63) is 30.3 Å². The lowest BCUT2D eigenvalue weighted by Crippen LogP contribution is -2.45. The van der Waals surface area contributed by atoms with Gasteiger partial charge >= 0.3 is 6.09 Å². The van der Waals surface area contributed by atoms with E-state index >= 15 is 0 Å². The summed E-state index contributed by atoms with van der Waals surface area (Å²) in [6.07, 6.45) is -0.306. The second kappa shape index (κ2) is 8.56. The second-order valence-electron chi connectivity index (χ2n) is 7.97. The number of ether oxygens (including phenoxy) is 2. The molecule has 1 fully saturated rings. The van der Waals surface area contributed by atoms with Crippen molar-refractivity contribution in [2.24, 2.45) is 0 Å². The van der Waals surface area contributed by atoms with Gasteiger partial charge < -0.3 is 14.4 Å². The molecule has 25 heavy (non-hydrogen) atoms. The Balaban J connectivity index is 0.000000257. The summed E-state index contributed by atoms with van der Waals surface area (Å²) in [5, 5.41) is 0. The van der Waals surface area contributed by atoms with Crippen molar-refractivity contribution in [2.75, 3.05) is 25.1 Å². The molecule has 0 atom stereocenters. The number of carbonyl (C=O) groups excluding carboxylic acids is 1. The molecule has 0 unspecified atom stereocenters. The predicted octanol–water partition coefficient (Wildman–Crippen LogP) is 4.52. The molecule has 0 radical (unpaired) electrons. The minimum absolute atomic E-state index is 0.306. The van der Waals surface area contributed by atoms with Crippen LogP contribution in [0.1, 0.15) is 48.5 Å². The number of amides is 1. The summed E-state index contributed by atoms with van der Waals surface area (Å²) >= 11 is 0. The number of hydrogen-bond acceptors (Lipinski definition) is 4. The van der Waals surface area contributed by atoms with Crippen LogP contribution in [-0.4, -0.2) is 48.6 Å². The standard InChI is InChI=1S/C10H19NO3.C10H15N/c1-9(2,3)14-8(12)11-6-7-13-10(11,4)5;1-9(2)11(3)10-7-5-4-6-8-10/h6-7H2,1-5H3;4-9H,1-3H3. The molecular weight excluding hydrogens is 316 g/mol. The maximum Gasteiger partial charge on any atom is 0.412 e. The summed E-state index contributed by atoms with van der Waals surface area (Å²) in [6.45, 7) is 14.8. The Hall–Kier alpha value is -1.75. The number of carbonyl (C=O) groups is 1. The predicted molar refractivity (Wildman–Crippen MR) is 103 cm³/mol. The van der Waals surface area contributed by atoms with Gasteiger partial charge in [-0.05, 0) is 60.6 Å². The monoisotopic (exact) mass is 350 g/mol. The molecule has 0 aromatic heterocycles. The highest BCUT2D eigenvalue weighted by Gasteiger charge is 2.38. The smallest absolute Gasteiger partial charge is 0.412 e. The molecule has 1 aromatic carbocycles. The summed E-state index contributed by atoms with van der Waals surface area (Å²) < 4.78 is 10.7. The fraction of sp³-hybridized carbons (Fsp3) is 0.650. The van der Waals surface area contributed by atoms with Crippen LogP contribution in [-0.2, 0) is 9.47 Å². The zero-order valence-electron chi connectivity index (χ0n) is 17.0. The summed E-state index contributed by atoms with van der Waals surface area (Å²) in [5.41, 5.74) is 0.292. The number of hydrogen-bond donors (Lipinski definition) is 0. The van der Waals surface area contributed by atoms with Gasteiger partial charge in [0.15, 0.2) is 0 Å². The SMILES string of the molecule is CC(C)(C)OC(=O)N1CCOC1(C)C.CC(C)N(C)c1ccccc1. The molecule has 142 valence electrons. The van der Waals surface area contributed by atoms with Gasteiger partial charge in [-0.1, -0.05) is 18.2 Å². The van der Waals surface area contributed by atoms with E-state index in [2.05, 4.69) is 50.1 Å². The van der Waals surface area contributed by atoms with E-state index in [1.807, 2.05) is 40.7 Å². The second-order valence-corrected chi connectivity index (χ2v) is 7.97. The topological polar surface area (TPSA) is 42.0 Å². The quantitative estimate of drug-likeness (QED) is 0.786. The molecule has 1 saturated heterocycles. The van der Waals surface area contributed by atoms with E-state index in [9.17, 15) is 4.79 Å². The van der Waals surface area contributed by atoms with Gasteiger partial charge in [0.1, 0.15) is 11.3 Å². The Morgan fingerprint density at radius 1 is 1.24 bits per heavy atom. The van der Waals surface area contributed by atoms with Crippen molar-refractivity contribution < 1.29 is 14.3 Å². The number of rotatable bonds is 2. The molecular formula is C20H34N2O3. The van der Waals surface area contributed by atoms with Gasteiger partial charge in [0.2, 0.25) is 0 Å². The maximum absolute atomic E-state index is 11.7. The van der Waals surface area contributed by atoms with Gasteiger partial charge in [-0.2, -0.15) is 0 Å². The first-order chi connectivity index (χ1) is 11.4. The zero-order chi connectivity index (χ0) is 19.3. The Kier molecular flexibility index (Phi) is 7.29. The van der Waals surface area contributed by atoms with Crippen molar-refractivity contribution in [3.63, 3.8) is 0 Å². The van der Waals surface area contributed by atoms with E-state index in [0.29, 0.717) is 19.2 Å². The summed E-state index contributed by atoms with van der Waals surface area (Å²) in [6, 6.07) is 11.0. The lowest BCUT2D eigenvalue weighted by molar-refractivity contribution is -0.0590. The molecule has 0 saturated carbocycles. The highest BCUT2D eigenvalue weighted by molar-refractivity contribution is 5.69. The van der Waals surface area contributed by atoms with Gasteiger partial charge in [-0.3, -0.25) is 4.90 Å². The maximum atomic E-state index is 11.7. The number of nitrogens with zero attached hydrogens (tertiary/aromatic N) is 2. The average molecular weight is 351 g/mol. The molecule has 1 aliphatic heterocycles. The van der Waals surface area contributed by atoms with E-state index < -0.39 is 11.3 Å². The Morgan fingerprint density at radius 2 is 1.80 bits per heavy atom. The van der Waals surface area contributed by atoms with E-state index in [0.717, 1.165) is 0 Å². The van der Waals surface area contributed by atoms with E-state index in [4.69, 9.17) is 9.47 Å². The van der Waals surface area contributed by atoms with Crippen LogP contribution in [0.5, 0.6) is 0 Å². The van der Waals surface area contributed by atoms with Crippen molar-refractivity contribution in [1.29, 1.82) is 0 Å². The van der Waals surface area contributed by atoms with Gasteiger partial charge in [-0.15, -0.1) is 0 Å². The molecule has 1 heterocycles. The first-order valence-corrected chi connectivity index (χ1v) is 8.86. The molecule has 1 aliphatic rings. The summed E-state index contributed by atoms with van der Waals surface area (Å²) in [7, 11) is 2.11. The van der Waals surface area contributed by atoms with Crippen LogP contribution >= 0.6 is 0 Å². The summed E-state index contributed by atoms with van der Waals surface area (Å²) in [4.78, 5) is 15.6. The lowest BCUT2D eigenvalue weighted by Gasteiger charge is -2.31. The average Bonchev–Trinajstić information content (AvgIpc) is 2.86. The normalized spacial score (nSPS) is 16.3. The van der Waals surface area contributed by atoms with Crippen LogP contribution in [0, 0.1) is 0 Å². The molecule has 0 N–H and O–H groups in total. The highest BCUT2D eigenvalue weighted by atomic mass is 16.6. The molecule has 0 spiro atoms. The van der Waals surface area contributed by atoms with E-state index in [1.165, 1.54) is 5.69 Å². The number of anilines is 1. The highest BCUT2D eigenvalue weighted by Crippen LogP contribution is 2.24. The van der Waals surface area contributed by atoms with Gasteiger partial charge in [0.05, 0.1) is 13.2 Å². The van der Waals surface area contributed by atoms with Crippen molar-refractivity contribution >= 4 is 11.8 Å². The van der Waals surface area contributed by atoms with E-state index in [-0.39, 0.29) is 6.09 Å². The first-order valence-electron chi connectivity index (χ1n) is 8.86. The number of para-hydroxylation sites is 1. The Labute approximate surface area is 152 Å². The van der Waals surface area contributed by atoms with Crippen LogP contribution in [0.3, 0.4) is 0 Å². The van der Waals surface area contributed by atoms with Gasteiger partial charge in [-0.25, -0.2) is 4.79 Å². The molecule has 5 heteroatoms. The first kappa shape index (κ1) is 21.3. The third-order valence-electron chi connectivity index (χ3n) is 3.97. The van der Waals surface area contributed by atoms with Gasteiger partial charge in [0.25, 0.3) is 0 Å². The Morgan fingerprint density at radius 3 is 2.20 bits per heavy atom. The van der Waals surface area contributed by atoms with Crippen LogP contribution < -0.4 is 4.90 Å². The molecule has 1 aromatic rings. The molecule has 5 nitrogen and oxygen atoms in total. The number of benzene rings is 1. The minimum atomic E-state index is -0.539. The van der Waals surface area contributed by atoms with Gasteiger partial charge in [0, 0.05) is 18.8 Å². The fourth-order valence-electron chi connectivity index (χ4n) is 2.32. The zero-order valence-corrected chi connectivity index (χ0v) is 17.0. The van der Waals surface area contributed by atoms with Crippen molar-refractivity contribution in [3.8, 4) is 0 Å². The lowest BCUT2D eigenvalue weighted by atomic mass is 10.2. The third-order valence-corrected chi connectivity index (χ3v) is 3.97. The van der Waals surface area contributed by atoms with Crippen molar-refractivity contribution in [2.45, 2.75) is 65.8 Å². The molecule has 2 rings (SSSR count). The van der Waals surface area contributed by atoms with Crippen LogP contribution in [0.15, 0.2) is 30.3 Å². The fourth-order valence-corrected chi connectivity index (χ4v) is 2.32. The van der Waals surface area contributed by atoms with Crippen molar-refractivity contribution in [1.82, 2.24) is 4.90 Å².